The highest BCUT2D eigenvalue weighted by atomic mass is 32.2. The molecule has 0 saturated heterocycles. The number of aromatic nitrogens is 1. The standard InChI is InChI=1S/C12H10F2N2S/c13-8-1-4-12(11(14)5-8)17-10-3-2-9(6-15)16-7-10/h1-5,7H,6,15H2. The van der Waals surface area contributed by atoms with E-state index in [0.29, 0.717) is 11.4 Å². The third-order valence-corrected chi connectivity index (χ3v) is 3.16. The topological polar surface area (TPSA) is 38.9 Å². The molecule has 0 radical (unpaired) electrons. The second-order valence-electron chi connectivity index (χ2n) is 3.37. The lowest BCUT2D eigenvalue weighted by atomic mass is 10.3. The molecule has 1 heterocycles. The lowest BCUT2D eigenvalue weighted by Crippen LogP contribution is -1.98. The van der Waals surface area contributed by atoms with Crippen molar-refractivity contribution >= 4 is 11.8 Å². The van der Waals surface area contributed by atoms with Crippen molar-refractivity contribution in [3.05, 3.63) is 53.9 Å². The molecule has 5 heteroatoms. The third kappa shape index (κ3) is 3.01. The van der Waals surface area contributed by atoms with Gasteiger partial charge in [-0.2, -0.15) is 0 Å². The normalized spacial score (nSPS) is 10.5. The van der Waals surface area contributed by atoms with Crippen molar-refractivity contribution in [1.82, 2.24) is 4.98 Å². The first kappa shape index (κ1) is 12.0. The third-order valence-electron chi connectivity index (χ3n) is 2.13. The Kier molecular flexibility index (Phi) is 3.71. The van der Waals surface area contributed by atoms with Gasteiger partial charge in [-0.15, -0.1) is 0 Å². The van der Waals surface area contributed by atoms with Crippen LogP contribution in [0.25, 0.3) is 0 Å². The van der Waals surface area contributed by atoms with Crippen LogP contribution in [-0.4, -0.2) is 4.98 Å². The summed E-state index contributed by atoms with van der Waals surface area (Å²) in [6.45, 7) is 0.371. The molecule has 0 saturated carbocycles. The molecule has 17 heavy (non-hydrogen) atoms. The van der Waals surface area contributed by atoms with Crippen molar-refractivity contribution in [2.24, 2.45) is 5.73 Å². The van der Waals surface area contributed by atoms with Crippen LogP contribution in [0.2, 0.25) is 0 Å². The molecule has 1 aromatic heterocycles. The zero-order chi connectivity index (χ0) is 12.3. The summed E-state index contributed by atoms with van der Waals surface area (Å²) in [7, 11) is 0. The van der Waals surface area contributed by atoms with Gasteiger partial charge in [0.2, 0.25) is 0 Å². The highest BCUT2D eigenvalue weighted by Gasteiger charge is 2.05. The van der Waals surface area contributed by atoms with Crippen molar-refractivity contribution in [2.45, 2.75) is 16.3 Å². The molecule has 2 nitrogen and oxygen atoms in total. The molecule has 0 amide bonds. The number of pyridine rings is 1. The van der Waals surface area contributed by atoms with Crippen LogP contribution in [0.1, 0.15) is 5.69 Å². The second kappa shape index (κ2) is 5.25. The molecule has 2 rings (SSSR count). The van der Waals surface area contributed by atoms with Crippen molar-refractivity contribution in [1.29, 1.82) is 0 Å². The van der Waals surface area contributed by atoms with Gasteiger partial charge in [0.15, 0.2) is 0 Å². The average molecular weight is 252 g/mol. The van der Waals surface area contributed by atoms with Gasteiger partial charge in [-0.05, 0) is 24.3 Å². The summed E-state index contributed by atoms with van der Waals surface area (Å²) in [5, 5.41) is 0. The fourth-order valence-corrected chi connectivity index (χ4v) is 2.06. The van der Waals surface area contributed by atoms with E-state index in [-0.39, 0.29) is 0 Å². The first-order chi connectivity index (χ1) is 8.19. The van der Waals surface area contributed by atoms with Crippen LogP contribution in [0.5, 0.6) is 0 Å². The quantitative estimate of drug-likeness (QED) is 0.912. The number of hydrogen-bond acceptors (Lipinski definition) is 3. The molecule has 0 bridgehead atoms. The van der Waals surface area contributed by atoms with Gasteiger partial charge >= 0.3 is 0 Å². The van der Waals surface area contributed by atoms with Gasteiger partial charge < -0.3 is 5.73 Å². The minimum atomic E-state index is -0.580. The van der Waals surface area contributed by atoms with Gasteiger partial charge in [0, 0.05) is 28.6 Å². The van der Waals surface area contributed by atoms with E-state index in [0.717, 1.165) is 16.7 Å². The Labute approximate surface area is 102 Å². The van der Waals surface area contributed by atoms with E-state index < -0.39 is 11.6 Å². The van der Waals surface area contributed by atoms with E-state index in [1.807, 2.05) is 6.07 Å². The second-order valence-corrected chi connectivity index (χ2v) is 4.48. The Hall–Kier alpha value is -1.46. The van der Waals surface area contributed by atoms with Gasteiger partial charge in [-0.1, -0.05) is 11.8 Å². The molecule has 0 fully saturated rings. The largest absolute Gasteiger partial charge is 0.325 e. The summed E-state index contributed by atoms with van der Waals surface area (Å²) in [6, 6.07) is 7.09. The van der Waals surface area contributed by atoms with Gasteiger partial charge in [0.05, 0.1) is 5.69 Å². The van der Waals surface area contributed by atoms with Gasteiger partial charge in [-0.25, -0.2) is 8.78 Å². The number of hydrogen-bond donors (Lipinski definition) is 1. The van der Waals surface area contributed by atoms with E-state index in [1.54, 1.807) is 12.3 Å². The molecule has 0 aliphatic rings. The molecule has 0 aliphatic carbocycles. The minimum Gasteiger partial charge on any atom is -0.325 e. The summed E-state index contributed by atoms with van der Waals surface area (Å²) in [6.07, 6.45) is 1.62. The molecule has 0 spiro atoms. The molecule has 2 N–H and O–H groups in total. The summed E-state index contributed by atoms with van der Waals surface area (Å²) in [4.78, 5) is 5.25. The number of nitrogens with zero attached hydrogens (tertiary/aromatic N) is 1. The van der Waals surface area contributed by atoms with Crippen molar-refractivity contribution in [3.63, 3.8) is 0 Å². The number of rotatable bonds is 3. The summed E-state index contributed by atoms with van der Waals surface area (Å²) in [5.41, 5.74) is 6.19. The van der Waals surface area contributed by atoms with Crippen molar-refractivity contribution < 1.29 is 8.78 Å². The van der Waals surface area contributed by atoms with Crippen molar-refractivity contribution in [3.8, 4) is 0 Å². The molecule has 0 atom stereocenters. The molecule has 88 valence electrons. The first-order valence-corrected chi connectivity index (χ1v) is 5.78. The minimum absolute atomic E-state index is 0.369. The lowest BCUT2D eigenvalue weighted by Gasteiger charge is -2.03. The van der Waals surface area contributed by atoms with Crippen LogP contribution >= 0.6 is 11.8 Å². The highest BCUT2D eigenvalue weighted by Crippen LogP contribution is 2.29. The predicted molar refractivity (Wildman–Crippen MR) is 62.6 cm³/mol. The highest BCUT2D eigenvalue weighted by molar-refractivity contribution is 7.99. The van der Waals surface area contributed by atoms with Gasteiger partial charge in [0.25, 0.3) is 0 Å². The first-order valence-electron chi connectivity index (χ1n) is 4.97. The average Bonchev–Trinajstić information content (AvgIpc) is 2.34. The number of nitrogens with two attached hydrogens (primary N) is 1. The Bertz CT molecular complexity index is 514. The van der Waals surface area contributed by atoms with Crippen LogP contribution in [0, 0.1) is 11.6 Å². The Morgan fingerprint density at radius 3 is 2.59 bits per heavy atom. The molecular formula is C12H10F2N2S. The zero-order valence-electron chi connectivity index (χ0n) is 8.86. The Balaban J connectivity index is 2.19. The number of benzene rings is 1. The maximum absolute atomic E-state index is 13.4. The van der Waals surface area contributed by atoms with E-state index >= 15 is 0 Å². The summed E-state index contributed by atoms with van der Waals surface area (Å²) < 4.78 is 26.1. The van der Waals surface area contributed by atoms with Crippen molar-refractivity contribution in [2.75, 3.05) is 0 Å². The van der Waals surface area contributed by atoms with E-state index in [1.165, 1.54) is 23.9 Å². The van der Waals surface area contributed by atoms with Crippen LogP contribution in [0.3, 0.4) is 0 Å². The van der Waals surface area contributed by atoms with Gasteiger partial charge in [-0.3, -0.25) is 4.98 Å². The maximum Gasteiger partial charge on any atom is 0.140 e. The Morgan fingerprint density at radius 2 is 2.00 bits per heavy atom. The fourth-order valence-electron chi connectivity index (χ4n) is 1.28. The monoisotopic (exact) mass is 252 g/mol. The molecule has 1 aromatic carbocycles. The fraction of sp³-hybridized carbons (Fsp3) is 0.0833. The number of halogens is 2. The summed E-state index contributed by atoms with van der Waals surface area (Å²) in [5.74, 6) is -1.15. The van der Waals surface area contributed by atoms with E-state index in [9.17, 15) is 8.78 Å². The van der Waals surface area contributed by atoms with Crippen LogP contribution in [-0.2, 0) is 6.54 Å². The zero-order valence-corrected chi connectivity index (χ0v) is 9.68. The smallest absolute Gasteiger partial charge is 0.140 e. The molecule has 0 aliphatic heterocycles. The van der Waals surface area contributed by atoms with Gasteiger partial charge in [0.1, 0.15) is 11.6 Å². The molecule has 2 aromatic rings. The van der Waals surface area contributed by atoms with Crippen LogP contribution in [0.15, 0.2) is 46.3 Å². The van der Waals surface area contributed by atoms with E-state index in [2.05, 4.69) is 4.98 Å². The summed E-state index contributed by atoms with van der Waals surface area (Å²) >= 11 is 1.20. The van der Waals surface area contributed by atoms with Crippen LogP contribution in [0.4, 0.5) is 8.78 Å². The predicted octanol–water partition coefficient (Wildman–Crippen LogP) is 2.97. The molecule has 0 unspecified atom stereocenters. The van der Waals surface area contributed by atoms with E-state index in [4.69, 9.17) is 5.73 Å². The Morgan fingerprint density at radius 1 is 1.18 bits per heavy atom. The maximum atomic E-state index is 13.4. The van der Waals surface area contributed by atoms with Crippen LogP contribution < -0.4 is 5.73 Å². The molecular weight excluding hydrogens is 242 g/mol. The SMILES string of the molecule is NCc1ccc(Sc2ccc(F)cc2F)cn1. The lowest BCUT2D eigenvalue weighted by molar-refractivity contribution is 0.565.